The number of aromatic nitrogens is 8. The summed E-state index contributed by atoms with van der Waals surface area (Å²) < 4.78 is 1.57. The second-order valence-corrected chi connectivity index (χ2v) is 9.68. The number of carbonyl (C=O) groups excluding carboxylic acids is 1. The molecule has 0 saturated heterocycles. The summed E-state index contributed by atoms with van der Waals surface area (Å²) in [5.41, 5.74) is 0.696. The Hall–Kier alpha value is -3.17. The minimum atomic E-state index is -0.495. The number of rotatable bonds is 6. The van der Waals surface area contributed by atoms with Crippen LogP contribution in [0.2, 0.25) is 0 Å². The average molecular weight is 419 g/mol. The molecular formula is C21H25N9O. The number of carbonyl (C=O) groups is 1. The first-order valence-electron chi connectivity index (χ1n) is 11.0. The second-order valence-electron chi connectivity index (χ2n) is 9.68. The normalized spacial score (nSPS) is 32.1. The summed E-state index contributed by atoms with van der Waals surface area (Å²) in [7, 11) is 0. The summed E-state index contributed by atoms with van der Waals surface area (Å²) in [6, 6.07) is 9.51. The predicted molar refractivity (Wildman–Crippen MR) is 108 cm³/mol. The Labute approximate surface area is 179 Å². The van der Waals surface area contributed by atoms with E-state index >= 15 is 0 Å². The van der Waals surface area contributed by atoms with Gasteiger partial charge in [0.15, 0.2) is 6.33 Å². The number of nitrogens with zero attached hydrogens (tertiary/aromatic N) is 8. The summed E-state index contributed by atoms with van der Waals surface area (Å²) in [5.74, 6) is 1.13. The van der Waals surface area contributed by atoms with Crippen molar-refractivity contribution < 1.29 is 4.79 Å². The lowest BCUT2D eigenvalue weighted by atomic mass is 9.50. The lowest BCUT2D eigenvalue weighted by molar-refractivity contribution is -0.134. The zero-order valence-corrected chi connectivity index (χ0v) is 17.2. The monoisotopic (exact) mass is 419 g/mol. The quantitative estimate of drug-likeness (QED) is 0.640. The van der Waals surface area contributed by atoms with Gasteiger partial charge in [-0.15, -0.1) is 15.3 Å². The Balaban J connectivity index is 1.29. The van der Waals surface area contributed by atoms with Crippen LogP contribution < -0.4 is 5.32 Å². The van der Waals surface area contributed by atoms with Crippen LogP contribution in [0.15, 0.2) is 43.0 Å². The Morgan fingerprint density at radius 1 is 1.10 bits per heavy atom. The maximum absolute atomic E-state index is 13.6. The van der Waals surface area contributed by atoms with E-state index in [1.165, 1.54) is 19.1 Å². The van der Waals surface area contributed by atoms with Crippen LogP contribution in [0.3, 0.4) is 0 Å². The minimum absolute atomic E-state index is 0.0280. The number of tetrazole rings is 2. The lowest BCUT2D eigenvalue weighted by Gasteiger charge is -2.61. The summed E-state index contributed by atoms with van der Waals surface area (Å²) in [6.45, 7) is 0. The first kappa shape index (κ1) is 18.6. The molecular weight excluding hydrogens is 394 g/mol. The first-order chi connectivity index (χ1) is 15.1. The number of amides is 1. The zero-order valence-electron chi connectivity index (χ0n) is 17.2. The van der Waals surface area contributed by atoms with Crippen LogP contribution in [-0.4, -0.2) is 51.9 Å². The predicted octanol–water partition coefficient (Wildman–Crippen LogP) is 1.31. The van der Waals surface area contributed by atoms with Gasteiger partial charge in [-0.1, -0.05) is 30.3 Å². The molecule has 1 amide bonds. The largest absolute Gasteiger partial charge is 0.349 e. The third-order valence-corrected chi connectivity index (χ3v) is 7.45. The van der Waals surface area contributed by atoms with Crippen LogP contribution in [-0.2, 0) is 16.8 Å². The molecule has 4 bridgehead atoms. The van der Waals surface area contributed by atoms with Gasteiger partial charge in [-0.3, -0.25) is 4.79 Å². The van der Waals surface area contributed by atoms with Crippen molar-refractivity contribution in [1.82, 2.24) is 45.7 Å². The molecule has 10 heteroatoms. The molecule has 10 nitrogen and oxygen atoms in total. The van der Waals surface area contributed by atoms with Gasteiger partial charge in [-0.2, -0.15) is 4.80 Å². The molecule has 3 aromatic rings. The van der Waals surface area contributed by atoms with E-state index in [1.54, 1.807) is 4.68 Å². The molecule has 4 saturated carbocycles. The Bertz CT molecular complexity index is 1040. The van der Waals surface area contributed by atoms with Crippen molar-refractivity contribution in [2.75, 3.05) is 0 Å². The van der Waals surface area contributed by atoms with E-state index in [2.05, 4.69) is 36.3 Å². The van der Waals surface area contributed by atoms with Crippen molar-refractivity contribution in [3.05, 3.63) is 48.5 Å². The van der Waals surface area contributed by atoms with Gasteiger partial charge >= 0.3 is 0 Å². The third-order valence-electron chi connectivity index (χ3n) is 7.45. The van der Waals surface area contributed by atoms with Crippen molar-refractivity contribution in [2.24, 2.45) is 11.8 Å². The van der Waals surface area contributed by atoms with Gasteiger partial charge in [-0.25, -0.2) is 4.68 Å². The fraction of sp³-hybridized carbons (Fsp3) is 0.571. The fourth-order valence-corrected chi connectivity index (χ4v) is 6.78. The number of benzene rings is 1. The van der Waals surface area contributed by atoms with Gasteiger partial charge in [-0.05, 0) is 71.6 Å². The molecule has 31 heavy (non-hydrogen) atoms. The van der Waals surface area contributed by atoms with E-state index in [9.17, 15) is 4.79 Å². The highest BCUT2D eigenvalue weighted by molar-refractivity contribution is 5.81. The Morgan fingerprint density at radius 2 is 1.90 bits per heavy atom. The van der Waals surface area contributed by atoms with Crippen molar-refractivity contribution in [3.8, 4) is 0 Å². The van der Waals surface area contributed by atoms with Gasteiger partial charge in [0.25, 0.3) is 0 Å². The van der Waals surface area contributed by atoms with E-state index in [1.807, 2.05) is 35.1 Å². The van der Waals surface area contributed by atoms with E-state index in [0.717, 1.165) is 37.7 Å². The molecule has 1 aromatic carbocycles. The summed E-state index contributed by atoms with van der Waals surface area (Å²) in [4.78, 5) is 15.5. The van der Waals surface area contributed by atoms with Crippen LogP contribution in [0, 0.1) is 11.8 Å². The second kappa shape index (κ2) is 6.93. The zero-order chi connectivity index (χ0) is 20.9. The van der Waals surface area contributed by atoms with Gasteiger partial charge in [0.2, 0.25) is 5.91 Å². The molecule has 4 fully saturated rings. The molecule has 4 aliphatic rings. The maximum atomic E-state index is 13.6. The van der Waals surface area contributed by atoms with Gasteiger partial charge in [0.1, 0.15) is 12.4 Å². The smallest absolute Gasteiger partial charge is 0.245 e. The van der Waals surface area contributed by atoms with E-state index < -0.39 is 6.04 Å². The molecule has 0 radical (unpaired) electrons. The van der Waals surface area contributed by atoms with Crippen LogP contribution in [0.25, 0.3) is 0 Å². The Morgan fingerprint density at radius 3 is 2.58 bits per heavy atom. The van der Waals surface area contributed by atoms with Crippen LogP contribution in [0.1, 0.15) is 50.1 Å². The molecule has 4 aliphatic carbocycles. The van der Waals surface area contributed by atoms with Crippen LogP contribution in [0.4, 0.5) is 0 Å². The number of nitrogens with one attached hydrogen (secondary N) is 1. The van der Waals surface area contributed by atoms with Crippen molar-refractivity contribution >= 4 is 5.91 Å². The average Bonchev–Trinajstić information content (AvgIpc) is 3.46. The van der Waals surface area contributed by atoms with E-state index in [4.69, 9.17) is 0 Å². The van der Waals surface area contributed by atoms with Crippen molar-refractivity contribution in [1.29, 1.82) is 0 Å². The molecule has 3 atom stereocenters. The molecule has 2 heterocycles. The van der Waals surface area contributed by atoms with Gasteiger partial charge in [0.05, 0.1) is 5.54 Å². The first-order valence-corrected chi connectivity index (χ1v) is 11.0. The highest BCUT2D eigenvalue weighted by Gasteiger charge is 2.60. The SMILES string of the molecule is O=C(NC12CC3CC(C1)CC(n1ncnn1)(C3)C2)C(Cc1ccccc1)n1cnnn1. The molecule has 3 unspecified atom stereocenters. The molecule has 0 aliphatic heterocycles. The van der Waals surface area contributed by atoms with Gasteiger partial charge < -0.3 is 5.32 Å². The number of hydrogen-bond donors (Lipinski definition) is 1. The topological polar surface area (TPSA) is 116 Å². The summed E-state index contributed by atoms with van der Waals surface area (Å²) >= 11 is 0. The molecule has 7 rings (SSSR count). The molecule has 2 aromatic heterocycles. The van der Waals surface area contributed by atoms with Crippen LogP contribution >= 0.6 is 0 Å². The fourth-order valence-electron chi connectivity index (χ4n) is 6.78. The summed E-state index contributed by atoms with van der Waals surface area (Å²) in [5, 5.41) is 27.7. The standard InChI is InChI=1S/C21H25N9O/c31-19(18(29-14-23-26-28-29)7-15-4-2-1-3-5-15)25-20-8-16-6-17(9-20)11-21(10-16,12-20)30-24-13-22-27-30/h1-5,13-14,16-18H,6-12H2,(H,25,31). The lowest BCUT2D eigenvalue weighted by Crippen LogP contribution is -2.66. The highest BCUT2D eigenvalue weighted by Crippen LogP contribution is 2.60. The summed E-state index contributed by atoms with van der Waals surface area (Å²) in [6.07, 6.45) is 9.81. The van der Waals surface area contributed by atoms with E-state index in [0.29, 0.717) is 18.3 Å². The number of hydrogen-bond acceptors (Lipinski definition) is 7. The van der Waals surface area contributed by atoms with E-state index in [-0.39, 0.29) is 17.0 Å². The molecule has 0 spiro atoms. The van der Waals surface area contributed by atoms with Crippen molar-refractivity contribution in [2.45, 2.75) is 62.1 Å². The molecule has 160 valence electrons. The third kappa shape index (κ3) is 3.21. The minimum Gasteiger partial charge on any atom is -0.349 e. The van der Waals surface area contributed by atoms with Crippen LogP contribution in [0.5, 0.6) is 0 Å². The van der Waals surface area contributed by atoms with Gasteiger partial charge in [0, 0.05) is 12.0 Å². The highest BCUT2D eigenvalue weighted by atomic mass is 16.2. The Kier molecular flexibility index (Phi) is 4.15. The maximum Gasteiger partial charge on any atom is 0.245 e. The molecule has 1 N–H and O–H groups in total. The van der Waals surface area contributed by atoms with Crippen molar-refractivity contribution in [3.63, 3.8) is 0 Å².